The van der Waals surface area contributed by atoms with Gasteiger partial charge in [0.25, 0.3) is 0 Å². The van der Waals surface area contributed by atoms with Crippen molar-refractivity contribution in [2.75, 3.05) is 7.11 Å². The molecule has 0 saturated carbocycles. The molecule has 2 aromatic carbocycles. The van der Waals surface area contributed by atoms with Gasteiger partial charge in [-0.1, -0.05) is 0 Å². The topological polar surface area (TPSA) is 61.2 Å². The molecule has 0 bridgehead atoms. The average Bonchev–Trinajstić information content (AvgIpc) is 3.13. The predicted molar refractivity (Wildman–Crippen MR) is 99.6 cm³/mol. The Bertz CT molecular complexity index is 1070. The highest BCUT2D eigenvalue weighted by Crippen LogP contribution is 2.25. The van der Waals surface area contributed by atoms with E-state index in [4.69, 9.17) is 4.74 Å². The first-order valence-corrected chi connectivity index (χ1v) is 8.32. The van der Waals surface area contributed by atoms with E-state index in [0.29, 0.717) is 17.0 Å². The van der Waals surface area contributed by atoms with Gasteiger partial charge in [0.05, 0.1) is 18.5 Å². The third kappa shape index (κ3) is 4.03. The number of carbonyl (C=O) groups is 2. The predicted octanol–water partition coefficient (Wildman–Crippen LogP) is 4.15. The van der Waals surface area contributed by atoms with E-state index in [1.54, 1.807) is 24.3 Å². The number of allylic oxidation sites excluding steroid dienone is 2. The van der Waals surface area contributed by atoms with Crippen LogP contribution in [0.1, 0.15) is 17.4 Å². The molecule has 1 heterocycles. The van der Waals surface area contributed by atoms with Crippen LogP contribution in [0.2, 0.25) is 0 Å². The summed E-state index contributed by atoms with van der Waals surface area (Å²) in [6.45, 7) is 1.33. The SMILES string of the molecule is COc1ccc(-n2nc(-c3ccc(F)c(F)c3)cc2C(=O)/C=C\C(C)=O)cc1. The number of ether oxygens (including phenoxy) is 1. The Morgan fingerprint density at radius 3 is 2.32 bits per heavy atom. The van der Waals surface area contributed by atoms with Crippen LogP contribution in [0.3, 0.4) is 0 Å². The Morgan fingerprint density at radius 2 is 1.71 bits per heavy atom. The van der Waals surface area contributed by atoms with Crippen LogP contribution in [0, 0.1) is 11.6 Å². The second-order valence-electron chi connectivity index (χ2n) is 5.96. The summed E-state index contributed by atoms with van der Waals surface area (Å²) in [6.07, 6.45) is 2.30. The summed E-state index contributed by atoms with van der Waals surface area (Å²) in [5, 5.41) is 4.37. The van der Waals surface area contributed by atoms with E-state index < -0.39 is 17.4 Å². The summed E-state index contributed by atoms with van der Waals surface area (Å²) >= 11 is 0. The first-order chi connectivity index (χ1) is 13.4. The van der Waals surface area contributed by atoms with Gasteiger partial charge in [-0.15, -0.1) is 0 Å². The number of aromatic nitrogens is 2. The van der Waals surface area contributed by atoms with Crippen molar-refractivity contribution in [1.29, 1.82) is 0 Å². The van der Waals surface area contributed by atoms with Crippen molar-refractivity contribution < 1.29 is 23.1 Å². The van der Waals surface area contributed by atoms with E-state index in [-0.39, 0.29) is 17.2 Å². The lowest BCUT2D eigenvalue weighted by Gasteiger charge is -2.06. The number of hydrogen-bond acceptors (Lipinski definition) is 4. The normalized spacial score (nSPS) is 11.0. The molecule has 1 aromatic heterocycles. The Hall–Kier alpha value is -3.61. The zero-order chi connectivity index (χ0) is 20.3. The lowest BCUT2D eigenvalue weighted by Crippen LogP contribution is -2.07. The fourth-order valence-electron chi connectivity index (χ4n) is 2.55. The van der Waals surface area contributed by atoms with Crippen LogP contribution in [0.25, 0.3) is 16.9 Å². The van der Waals surface area contributed by atoms with E-state index in [2.05, 4.69) is 5.10 Å². The number of halogens is 2. The minimum atomic E-state index is -1.01. The number of methoxy groups -OCH3 is 1. The van der Waals surface area contributed by atoms with Gasteiger partial charge in [-0.25, -0.2) is 13.5 Å². The maximum absolute atomic E-state index is 13.6. The zero-order valence-corrected chi connectivity index (χ0v) is 15.1. The van der Waals surface area contributed by atoms with E-state index in [0.717, 1.165) is 24.3 Å². The molecule has 3 rings (SSSR count). The van der Waals surface area contributed by atoms with Crippen LogP contribution < -0.4 is 4.74 Å². The quantitative estimate of drug-likeness (QED) is 0.475. The number of carbonyl (C=O) groups excluding carboxylic acids is 2. The van der Waals surface area contributed by atoms with Gasteiger partial charge in [-0.05, 0) is 67.6 Å². The third-order valence-electron chi connectivity index (χ3n) is 3.96. The molecule has 0 N–H and O–H groups in total. The van der Waals surface area contributed by atoms with Crippen LogP contribution in [-0.2, 0) is 4.79 Å². The molecule has 28 heavy (non-hydrogen) atoms. The van der Waals surface area contributed by atoms with Crippen LogP contribution in [0.15, 0.2) is 60.7 Å². The molecule has 0 unspecified atom stereocenters. The number of nitrogens with zero attached hydrogens (tertiary/aromatic N) is 2. The standard InChI is InChI=1S/C21H16F2N2O3/c1-13(26)3-10-21(27)20-12-19(14-4-9-17(22)18(23)11-14)24-25(20)15-5-7-16(28-2)8-6-15/h3-12H,1-2H3/b10-3-. The van der Waals surface area contributed by atoms with Crippen molar-refractivity contribution in [3.05, 3.63) is 78.0 Å². The molecule has 0 amide bonds. The molecule has 0 atom stereocenters. The molecule has 0 aliphatic heterocycles. The highest BCUT2D eigenvalue weighted by Gasteiger charge is 2.17. The zero-order valence-electron chi connectivity index (χ0n) is 15.1. The molecule has 7 heteroatoms. The van der Waals surface area contributed by atoms with Crippen LogP contribution in [0.5, 0.6) is 5.75 Å². The van der Waals surface area contributed by atoms with Gasteiger partial charge in [0.1, 0.15) is 11.4 Å². The van der Waals surface area contributed by atoms with Gasteiger partial charge in [-0.3, -0.25) is 9.59 Å². The number of rotatable bonds is 6. The first kappa shape index (κ1) is 19.2. The molecule has 0 aliphatic rings. The lowest BCUT2D eigenvalue weighted by atomic mass is 10.1. The number of benzene rings is 2. The number of hydrogen-bond donors (Lipinski definition) is 0. The Labute approximate surface area is 159 Å². The van der Waals surface area contributed by atoms with Crippen molar-refractivity contribution in [2.45, 2.75) is 6.92 Å². The highest BCUT2D eigenvalue weighted by molar-refractivity contribution is 6.07. The summed E-state index contributed by atoms with van der Waals surface area (Å²) in [5.74, 6) is -2.09. The summed E-state index contributed by atoms with van der Waals surface area (Å²) in [7, 11) is 1.53. The van der Waals surface area contributed by atoms with E-state index >= 15 is 0 Å². The fourth-order valence-corrected chi connectivity index (χ4v) is 2.55. The maximum atomic E-state index is 13.6. The lowest BCUT2D eigenvalue weighted by molar-refractivity contribution is -0.112. The molecule has 0 spiro atoms. The molecule has 5 nitrogen and oxygen atoms in total. The highest BCUT2D eigenvalue weighted by atomic mass is 19.2. The summed E-state index contributed by atoms with van der Waals surface area (Å²) in [5.41, 5.74) is 1.33. The third-order valence-corrected chi connectivity index (χ3v) is 3.96. The molecular formula is C21H16F2N2O3. The fraction of sp³-hybridized carbons (Fsp3) is 0.0952. The minimum absolute atomic E-state index is 0.169. The second kappa shape index (κ2) is 7.96. The van der Waals surface area contributed by atoms with Crippen molar-refractivity contribution in [3.8, 4) is 22.7 Å². The van der Waals surface area contributed by atoms with Gasteiger partial charge in [0.15, 0.2) is 17.4 Å². The summed E-state index contributed by atoms with van der Waals surface area (Å²) < 4.78 is 33.3. The molecule has 3 aromatic rings. The smallest absolute Gasteiger partial charge is 0.204 e. The van der Waals surface area contributed by atoms with Crippen molar-refractivity contribution >= 4 is 11.6 Å². The Balaban J connectivity index is 2.11. The van der Waals surface area contributed by atoms with E-state index in [1.807, 2.05) is 0 Å². The van der Waals surface area contributed by atoms with Crippen molar-refractivity contribution in [3.63, 3.8) is 0 Å². The van der Waals surface area contributed by atoms with Crippen molar-refractivity contribution in [2.24, 2.45) is 0 Å². The minimum Gasteiger partial charge on any atom is -0.497 e. The molecule has 0 saturated heterocycles. The average molecular weight is 382 g/mol. The van der Waals surface area contributed by atoms with Gasteiger partial charge >= 0.3 is 0 Å². The van der Waals surface area contributed by atoms with Gasteiger partial charge < -0.3 is 4.74 Å². The van der Waals surface area contributed by atoms with E-state index in [9.17, 15) is 18.4 Å². The van der Waals surface area contributed by atoms with E-state index in [1.165, 1.54) is 30.8 Å². The van der Waals surface area contributed by atoms with Gasteiger partial charge in [-0.2, -0.15) is 5.10 Å². The second-order valence-corrected chi connectivity index (χ2v) is 5.96. The van der Waals surface area contributed by atoms with Crippen LogP contribution in [0.4, 0.5) is 8.78 Å². The molecular weight excluding hydrogens is 366 g/mol. The maximum Gasteiger partial charge on any atom is 0.204 e. The molecule has 0 radical (unpaired) electrons. The van der Waals surface area contributed by atoms with Crippen molar-refractivity contribution in [1.82, 2.24) is 9.78 Å². The van der Waals surface area contributed by atoms with Gasteiger partial charge in [0.2, 0.25) is 5.78 Å². The van der Waals surface area contributed by atoms with Crippen LogP contribution >= 0.6 is 0 Å². The first-order valence-electron chi connectivity index (χ1n) is 8.32. The molecule has 0 aliphatic carbocycles. The molecule has 0 fully saturated rings. The molecule has 142 valence electrons. The Morgan fingerprint density at radius 1 is 1.00 bits per heavy atom. The summed E-state index contributed by atoms with van der Waals surface area (Å²) in [6, 6.07) is 11.6. The summed E-state index contributed by atoms with van der Waals surface area (Å²) in [4.78, 5) is 23.7. The monoisotopic (exact) mass is 382 g/mol. The largest absolute Gasteiger partial charge is 0.497 e. The Kier molecular flexibility index (Phi) is 5.44. The van der Waals surface area contributed by atoms with Crippen LogP contribution in [-0.4, -0.2) is 28.5 Å². The van der Waals surface area contributed by atoms with Gasteiger partial charge in [0, 0.05) is 5.56 Å². The number of ketones is 2.